The van der Waals surface area contributed by atoms with Crippen molar-refractivity contribution in [1.29, 1.82) is 0 Å². The first-order chi connectivity index (χ1) is 12.8. The molecule has 1 aliphatic rings. The molecule has 1 fully saturated rings. The lowest BCUT2D eigenvalue weighted by Gasteiger charge is -2.33. The normalized spacial score (nSPS) is 16.5. The van der Waals surface area contributed by atoms with Crippen molar-refractivity contribution in [2.75, 3.05) is 18.5 Å². The van der Waals surface area contributed by atoms with E-state index in [0.29, 0.717) is 13.2 Å². The first-order valence-corrected chi connectivity index (χ1v) is 9.60. The second kappa shape index (κ2) is 9.59. The molecule has 2 amide bonds. The van der Waals surface area contributed by atoms with Crippen LogP contribution in [0.4, 0.5) is 10.5 Å². The number of carbonyl (C=O) groups is 1. The molecule has 0 bridgehead atoms. The Labute approximate surface area is 163 Å². The maximum atomic E-state index is 12.7. The van der Waals surface area contributed by atoms with E-state index in [1.54, 1.807) is 4.90 Å². The van der Waals surface area contributed by atoms with Gasteiger partial charge in [0.05, 0.1) is 6.61 Å². The van der Waals surface area contributed by atoms with Crippen LogP contribution in [0.1, 0.15) is 47.5 Å². The summed E-state index contributed by atoms with van der Waals surface area (Å²) >= 11 is 0. The minimum atomic E-state index is -0.331. The van der Waals surface area contributed by atoms with Crippen LogP contribution in [0.15, 0.2) is 59.4 Å². The van der Waals surface area contributed by atoms with Crippen molar-refractivity contribution in [3.63, 3.8) is 0 Å². The summed E-state index contributed by atoms with van der Waals surface area (Å²) < 4.78 is 5.91. The number of urea groups is 1. The van der Waals surface area contributed by atoms with Gasteiger partial charge in [-0.1, -0.05) is 43.7 Å². The second-order valence-electron chi connectivity index (χ2n) is 7.92. The highest BCUT2D eigenvalue weighted by Gasteiger charge is 2.39. The lowest BCUT2D eigenvalue weighted by molar-refractivity contribution is -0.0137. The molecular weight excluding hydrogens is 336 g/mol. The van der Waals surface area contributed by atoms with Crippen LogP contribution in [0.2, 0.25) is 0 Å². The summed E-state index contributed by atoms with van der Waals surface area (Å²) in [6.45, 7) is 11.6. The number of hydrogen-bond donors (Lipinski definition) is 1. The van der Waals surface area contributed by atoms with Crippen molar-refractivity contribution in [1.82, 2.24) is 4.90 Å². The van der Waals surface area contributed by atoms with E-state index < -0.39 is 0 Å². The van der Waals surface area contributed by atoms with Crippen molar-refractivity contribution in [3.05, 3.63) is 59.4 Å². The van der Waals surface area contributed by atoms with Crippen LogP contribution in [0.25, 0.3) is 0 Å². The standard InChI is InChI=1S/C23H32N2O2/c1-18(2)10-9-11-19(3)14-15-23(4,5)21-25(16-17-27-21)22(26)24-20-12-7-6-8-13-20/h6-8,10,12-13,15,21H,9,11,16-17H2,1-5H3,(H,24,26)/t14?,21-/m0/s1. The molecule has 4 nitrogen and oxygen atoms in total. The molecule has 0 aliphatic carbocycles. The van der Waals surface area contributed by atoms with Gasteiger partial charge in [-0.15, -0.1) is 5.73 Å². The molecule has 0 aromatic heterocycles. The van der Waals surface area contributed by atoms with E-state index in [4.69, 9.17) is 4.74 Å². The van der Waals surface area contributed by atoms with E-state index in [1.807, 2.05) is 36.4 Å². The van der Waals surface area contributed by atoms with E-state index in [9.17, 15) is 4.79 Å². The maximum absolute atomic E-state index is 12.7. The van der Waals surface area contributed by atoms with Gasteiger partial charge in [0.15, 0.2) is 0 Å². The Hall–Kier alpha value is -2.29. The molecule has 0 radical (unpaired) electrons. The number of anilines is 1. The van der Waals surface area contributed by atoms with Crippen LogP contribution in [0, 0.1) is 5.41 Å². The van der Waals surface area contributed by atoms with Gasteiger partial charge >= 0.3 is 6.03 Å². The predicted octanol–water partition coefficient (Wildman–Crippen LogP) is 5.75. The lowest BCUT2D eigenvalue weighted by atomic mass is 9.90. The molecule has 1 saturated heterocycles. The number of rotatable bonds is 6. The lowest BCUT2D eigenvalue weighted by Crippen LogP contribution is -2.46. The van der Waals surface area contributed by atoms with Gasteiger partial charge in [-0.25, -0.2) is 4.79 Å². The van der Waals surface area contributed by atoms with E-state index in [-0.39, 0.29) is 17.7 Å². The van der Waals surface area contributed by atoms with Gasteiger partial charge in [-0.3, -0.25) is 4.90 Å². The SMILES string of the molecule is CC(=C=CC(C)(C)[C@@H]1OCCN1C(=O)Nc1ccccc1)CCC=C(C)C. The summed E-state index contributed by atoms with van der Waals surface area (Å²) in [6, 6.07) is 9.37. The number of amides is 2. The van der Waals surface area contributed by atoms with Crippen LogP contribution >= 0.6 is 0 Å². The van der Waals surface area contributed by atoms with Gasteiger partial charge in [0.2, 0.25) is 0 Å². The number of benzene rings is 1. The average molecular weight is 369 g/mol. The van der Waals surface area contributed by atoms with E-state index >= 15 is 0 Å². The predicted molar refractivity (Wildman–Crippen MR) is 112 cm³/mol. The summed E-state index contributed by atoms with van der Waals surface area (Å²) in [7, 11) is 0. The molecule has 27 heavy (non-hydrogen) atoms. The summed E-state index contributed by atoms with van der Waals surface area (Å²) in [5.41, 5.74) is 6.41. The molecule has 4 heteroatoms. The third-order valence-corrected chi connectivity index (χ3v) is 4.58. The molecule has 1 atom stereocenters. The maximum Gasteiger partial charge on any atom is 0.324 e. The van der Waals surface area contributed by atoms with Crippen molar-refractivity contribution in [3.8, 4) is 0 Å². The summed E-state index contributed by atoms with van der Waals surface area (Å²) in [5.74, 6) is 0. The molecule has 1 aromatic rings. The summed E-state index contributed by atoms with van der Waals surface area (Å²) in [4.78, 5) is 14.5. The van der Waals surface area contributed by atoms with E-state index in [1.165, 1.54) is 11.1 Å². The van der Waals surface area contributed by atoms with Gasteiger partial charge in [0.1, 0.15) is 6.23 Å². The quantitative estimate of drug-likeness (QED) is 0.513. The Morgan fingerprint density at radius 2 is 2.00 bits per heavy atom. The van der Waals surface area contributed by atoms with E-state index in [2.05, 4.69) is 51.7 Å². The Balaban J connectivity index is 2.05. The minimum Gasteiger partial charge on any atom is -0.355 e. The molecule has 2 rings (SSSR count). The number of ether oxygens (including phenoxy) is 1. The Kier molecular flexibility index (Phi) is 7.46. The van der Waals surface area contributed by atoms with Crippen LogP contribution < -0.4 is 5.32 Å². The Morgan fingerprint density at radius 1 is 1.30 bits per heavy atom. The third-order valence-electron chi connectivity index (χ3n) is 4.58. The molecule has 146 valence electrons. The number of para-hydroxylation sites is 1. The van der Waals surface area contributed by atoms with Crippen LogP contribution in [0.5, 0.6) is 0 Å². The second-order valence-corrected chi connectivity index (χ2v) is 7.92. The molecule has 0 saturated carbocycles. The number of hydrogen-bond acceptors (Lipinski definition) is 2. The van der Waals surface area contributed by atoms with E-state index in [0.717, 1.165) is 18.5 Å². The summed E-state index contributed by atoms with van der Waals surface area (Å²) in [5, 5.41) is 2.95. The van der Waals surface area contributed by atoms with Crippen LogP contribution in [-0.4, -0.2) is 30.3 Å². The highest BCUT2D eigenvalue weighted by atomic mass is 16.5. The molecule has 1 N–H and O–H groups in total. The number of nitrogens with one attached hydrogen (secondary N) is 1. The molecule has 0 unspecified atom stereocenters. The monoisotopic (exact) mass is 368 g/mol. The van der Waals surface area contributed by atoms with Crippen LogP contribution in [-0.2, 0) is 4.74 Å². The van der Waals surface area contributed by atoms with Gasteiger partial charge in [0.25, 0.3) is 0 Å². The first kappa shape index (κ1) is 21.0. The molecule has 1 aromatic carbocycles. The Morgan fingerprint density at radius 3 is 2.67 bits per heavy atom. The topological polar surface area (TPSA) is 41.6 Å². The van der Waals surface area contributed by atoms with Crippen molar-refractivity contribution in [2.24, 2.45) is 5.41 Å². The van der Waals surface area contributed by atoms with Gasteiger partial charge in [0, 0.05) is 17.6 Å². The Bertz CT molecular complexity index is 724. The van der Waals surface area contributed by atoms with Gasteiger partial charge in [-0.05, 0) is 57.4 Å². The first-order valence-electron chi connectivity index (χ1n) is 9.60. The fourth-order valence-electron chi connectivity index (χ4n) is 3.04. The van der Waals surface area contributed by atoms with Crippen molar-refractivity contribution >= 4 is 11.7 Å². The third kappa shape index (κ3) is 6.42. The highest BCUT2D eigenvalue weighted by molar-refractivity contribution is 5.89. The zero-order valence-electron chi connectivity index (χ0n) is 17.2. The zero-order chi connectivity index (χ0) is 19.9. The zero-order valence-corrected chi connectivity index (χ0v) is 17.2. The van der Waals surface area contributed by atoms with Crippen LogP contribution in [0.3, 0.4) is 0 Å². The van der Waals surface area contributed by atoms with Gasteiger partial charge in [-0.2, -0.15) is 0 Å². The molecule has 1 heterocycles. The molecule has 0 spiro atoms. The largest absolute Gasteiger partial charge is 0.355 e. The summed E-state index contributed by atoms with van der Waals surface area (Å²) in [6.07, 6.45) is 6.00. The fraction of sp³-hybridized carbons (Fsp3) is 0.478. The molecular formula is C23H32N2O2. The fourth-order valence-corrected chi connectivity index (χ4v) is 3.04. The average Bonchev–Trinajstić information content (AvgIpc) is 3.11. The highest BCUT2D eigenvalue weighted by Crippen LogP contribution is 2.31. The number of allylic oxidation sites excluding steroid dienone is 2. The smallest absolute Gasteiger partial charge is 0.324 e. The number of carbonyl (C=O) groups excluding carboxylic acids is 1. The minimum absolute atomic E-state index is 0.130. The van der Waals surface area contributed by atoms with Gasteiger partial charge < -0.3 is 10.1 Å². The van der Waals surface area contributed by atoms with Crippen molar-refractivity contribution < 1.29 is 9.53 Å². The molecule has 1 aliphatic heterocycles. The van der Waals surface area contributed by atoms with Crippen molar-refractivity contribution in [2.45, 2.75) is 53.7 Å². The number of nitrogens with zero attached hydrogens (tertiary/aromatic N) is 1.